The van der Waals surface area contributed by atoms with Crippen LogP contribution >= 0.6 is 0 Å². The summed E-state index contributed by atoms with van der Waals surface area (Å²) in [5.41, 5.74) is 1.11. The third-order valence-electron chi connectivity index (χ3n) is 2.43. The lowest BCUT2D eigenvalue weighted by Gasteiger charge is -2.21. The van der Waals surface area contributed by atoms with Crippen LogP contribution in [0.15, 0.2) is 36.9 Å². The van der Waals surface area contributed by atoms with E-state index in [2.05, 4.69) is 6.58 Å². The zero-order valence-corrected chi connectivity index (χ0v) is 7.90. The van der Waals surface area contributed by atoms with Crippen molar-refractivity contribution >= 4 is 5.97 Å². The second kappa shape index (κ2) is 3.66. The first-order valence-corrected chi connectivity index (χ1v) is 4.71. The number of benzene rings is 1. The molecule has 1 heterocycles. The monoisotopic (exact) mass is 188 g/mol. The van der Waals surface area contributed by atoms with Crippen molar-refractivity contribution in [3.63, 3.8) is 0 Å². The van der Waals surface area contributed by atoms with Crippen LogP contribution in [-0.2, 0) is 11.2 Å². The minimum absolute atomic E-state index is 0.0533. The number of esters is 1. The van der Waals surface area contributed by atoms with E-state index in [1.165, 1.54) is 0 Å². The number of hydrogen-bond donors (Lipinski definition) is 0. The highest BCUT2D eigenvalue weighted by molar-refractivity contribution is 5.78. The highest BCUT2D eigenvalue weighted by Crippen LogP contribution is 2.28. The van der Waals surface area contributed by atoms with E-state index < -0.39 is 0 Å². The van der Waals surface area contributed by atoms with Crippen LogP contribution in [0.5, 0.6) is 5.75 Å². The lowest BCUT2D eigenvalue weighted by molar-refractivity contribution is -0.140. The average molecular weight is 188 g/mol. The summed E-state index contributed by atoms with van der Waals surface area (Å²) in [4.78, 5) is 11.5. The first-order chi connectivity index (χ1) is 6.81. The molecule has 14 heavy (non-hydrogen) atoms. The number of ether oxygens (including phenoxy) is 1. The third-order valence-corrected chi connectivity index (χ3v) is 2.43. The molecule has 0 amide bonds. The Labute approximate surface area is 83.2 Å². The SMILES string of the molecule is C=CC[C@@H]1Cc2ccccc2OC1=O. The molecule has 0 radical (unpaired) electrons. The molecule has 72 valence electrons. The number of allylic oxidation sites excluding steroid dienone is 1. The van der Waals surface area contributed by atoms with E-state index in [0.29, 0.717) is 12.2 Å². The standard InChI is InChI=1S/C12H12O2/c1-2-5-10-8-9-6-3-4-7-11(9)14-12(10)13/h2-4,6-7,10H,1,5,8H2/t10-/m1/s1. The Morgan fingerprint density at radius 1 is 1.50 bits per heavy atom. The molecule has 0 aliphatic carbocycles. The fourth-order valence-electron chi connectivity index (χ4n) is 1.69. The fraction of sp³-hybridized carbons (Fsp3) is 0.250. The first kappa shape index (κ1) is 9.00. The van der Waals surface area contributed by atoms with Crippen molar-refractivity contribution < 1.29 is 9.53 Å². The Kier molecular flexibility index (Phi) is 2.35. The third kappa shape index (κ3) is 1.55. The number of para-hydroxylation sites is 1. The number of carbonyl (C=O) groups excluding carboxylic acids is 1. The summed E-state index contributed by atoms with van der Waals surface area (Å²) in [6.45, 7) is 3.64. The molecule has 1 aliphatic rings. The normalized spacial score (nSPS) is 19.7. The van der Waals surface area contributed by atoms with Gasteiger partial charge in [0, 0.05) is 0 Å². The van der Waals surface area contributed by atoms with Crippen molar-refractivity contribution in [2.45, 2.75) is 12.8 Å². The van der Waals surface area contributed by atoms with Crippen LogP contribution in [0, 0.1) is 5.92 Å². The lowest BCUT2D eigenvalue weighted by Crippen LogP contribution is -2.27. The second-order valence-electron chi connectivity index (χ2n) is 3.45. The summed E-state index contributed by atoms with van der Waals surface area (Å²) >= 11 is 0. The quantitative estimate of drug-likeness (QED) is 0.404. The van der Waals surface area contributed by atoms with Gasteiger partial charge in [-0.1, -0.05) is 24.3 Å². The lowest BCUT2D eigenvalue weighted by atomic mass is 9.93. The van der Waals surface area contributed by atoms with Crippen molar-refractivity contribution in [2.24, 2.45) is 5.92 Å². The molecule has 1 aromatic carbocycles. The molecule has 0 fully saturated rings. The molecular formula is C12H12O2. The summed E-state index contributed by atoms with van der Waals surface area (Å²) in [5.74, 6) is 0.517. The number of carbonyl (C=O) groups is 1. The summed E-state index contributed by atoms with van der Waals surface area (Å²) < 4.78 is 5.21. The highest BCUT2D eigenvalue weighted by atomic mass is 16.5. The predicted molar refractivity (Wildman–Crippen MR) is 54.1 cm³/mol. The zero-order valence-electron chi connectivity index (χ0n) is 7.90. The molecule has 0 unspecified atom stereocenters. The molecule has 1 aliphatic heterocycles. The van der Waals surface area contributed by atoms with E-state index in [-0.39, 0.29) is 11.9 Å². The topological polar surface area (TPSA) is 26.3 Å². The zero-order chi connectivity index (χ0) is 9.97. The summed E-state index contributed by atoms with van der Waals surface area (Å²) in [6.07, 6.45) is 3.22. The Morgan fingerprint density at radius 3 is 3.07 bits per heavy atom. The van der Waals surface area contributed by atoms with E-state index >= 15 is 0 Å². The van der Waals surface area contributed by atoms with Crippen LogP contribution in [0.1, 0.15) is 12.0 Å². The van der Waals surface area contributed by atoms with Crippen LogP contribution in [0.4, 0.5) is 0 Å². The van der Waals surface area contributed by atoms with Crippen LogP contribution < -0.4 is 4.74 Å². The van der Waals surface area contributed by atoms with E-state index in [9.17, 15) is 4.79 Å². The predicted octanol–water partition coefficient (Wildman–Crippen LogP) is 2.34. The van der Waals surface area contributed by atoms with Crippen LogP contribution in [-0.4, -0.2) is 5.97 Å². The van der Waals surface area contributed by atoms with Crippen LogP contribution in [0.25, 0.3) is 0 Å². The van der Waals surface area contributed by atoms with E-state index in [4.69, 9.17) is 4.74 Å². The van der Waals surface area contributed by atoms with Crippen molar-refractivity contribution in [1.29, 1.82) is 0 Å². The molecule has 0 saturated heterocycles. The fourth-order valence-corrected chi connectivity index (χ4v) is 1.69. The van der Waals surface area contributed by atoms with Gasteiger partial charge in [0.05, 0.1) is 5.92 Å². The first-order valence-electron chi connectivity index (χ1n) is 4.71. The van der Waals surface area contributed by atoms with Gasteiger partial charge in [0.2, 0.25) is 0 Å². The molecule has 0 saturated carbocycles. The molecule has 1 aromatic rings. The van der Waals surface area contributed by atoms with E-state index in [0.717, 1.165) is 12.0 Å². The molecule has 2 heteroatoms. The smallest absolute Gasteiger partial charge is 0.314 e. The van der Waals surface area contributed by atoms with Gasteiger partial charge in [0.25, 0.3) is 0 Å². The maximum Gasteiger partial charge on any atom is 0.314 e. The van der Waals surface area contributed by atoms with Crippen LogP contribution in [0.2, 0.25) is 0 Å². The Balaban J connectivity index is 2.26. The minimum atomic E-state index is -0.136. The van der Waals surface area contributed by atoms with Crippen molar-refractivity contribution in [1.82, 2.24) is 0 Å². The number of hydrogen-bond acceptors (Lipinski definition) is 2. The average Bonchev–Trinajstić information content (AvgIpc) is 2.19. The van der Waals surface area contributed by atoms with E-state index in [1.807, 2.05) is 24.3 Å². The number of fused-ring (bicyclic) bond motifs is 1. The van der Waals surface area contributed by atoms with Crippen molar-refractivity contribution in [3.8, 4) is 5.75 Å². The van der Waals surface area contributed by atoms with Gasteiger partial charge in [0.1, 0.15) is 5.75 Å². The highest BCUT2D eigenvalue weighted by Gasteiger charge is 2.26. The Morgan fingerprint density at radius 2 is 2.29 bits per heavy atom. The molecule has 2 nitrogen and oxygen atoms in total. The maximum absolute atomic E-state index is 11.5. The molecule has 2 rings (SSSR count). The van der Waals surface area contributed by atoms with Crippen LogP contribution in [0.3, 0.4) is 0 Å². The summed E-state index contributed by atoms with van der Waals surface area (Å²) in [7, 11) is 0. The van der Waals surface area contributed by atoms with Gasteiger partial charge in [-0.3, -0.25) is 4.79 Å². The maximum atomic E-state index is 11.5. The molecule has 0 bridgehead atoms. The van der Waals surface area contributed by atoms with Gasteiger partial charge in [-0.2, -0.15) is 0 Å². The van der Waals surface area contributed by atoms with Gasteiger partial charge in [-0.25, -0.2) is 0 Å². The van der Waals surface area contributed by atoms with Gasteiger partial charge in [0.15, 0.2) is 0 Å². The van der Waals surface area contributed by atoms with E-state index in [1.54, 1.807) is 6.08 Å². The minimum Gasteiger partial charge on any atom is -0.426 e. The Hall–Kier alpha value is -1.57. The van der Waals surface area contributed by atoms with Gasteiger partial charge in [-0.05, 0) is 24.5 Å². The molecule has 0 aromatic heterocycles. The summed E-state index contributed by atoms with van der Waals surface area (Å²) in [5, 5.41) is 0. The Bertz CT molecular complexity index is 368. The van der Waals surface area contributed by atoms with Gasteiger partial charge < -0.3 is 4.74 Å². The van der Waals surface area contributed by atoms with Gasteiger partial charge >= 0.3 is 5.97 Å². The second-order valence-corrected chi connectivity index (χ2v) is 3.45. The molecule has 1 atom stereocenters. The van der Waals surface area contributed by atoms with Gasteiger partial charge in [-0.15, -0.1) is 6.58 Å². The molecular weight excluding hydrogens is 176 g/mol. The van der Waals surface area contributed by atoms with Crippen molar-refractivity contribution in [2.75, 3.05) is 0 Å². The molecule has 0 N–H and O–H groups in total. The number of rotatable bonds is 2. The van der Waals surface area contributed by atoms with Crippen molar-refractivity contribution in [3.05, 3.63) is 42.5 Å². The molecule has 0 spiro atoms. The summed E-state index contributed by atoms with van der Waals surface area (Å²) in [6, 6.07) is 7.66. The largest absolute Gasteiger partial charge is 0.426 e.